The molecule has 1 aliphatic heterocycles. The highest BCUT2D eigenvalue weighted by Crippen LogP contribution is 2.35. The fraction of sp³-hybridized carbons (Fsp3) is 0.484. The van der Waals surface area contributed by atoms with Gasteiger partial charge in [0.2, 0.25) is 5.91 Å². The van der Waals surface area contributed by atoms with Gasteiger partial charge in [0.15, 0.2) is 0 Å². The second-order valence-corrected chi connectivity index (χ2v) is 12.0. The monoisotopic (exact) mass is 598 g/mol. The van der Waals surface area contributed by atoms with Gasteiger partial charge in [-0.2, -0.15) is 13.2 Å². The molecule has 2 amide bonds. The Bertz CT molecular complexity index is 1430. The van der Waals surface area contributed by atoms with E-state index in [1.807, 2.05) is 32.9 Å². The first-order valence-electron chi connectivity index (χ1n) is 14.6. The first kappa shape index (κ1) is 30.4. The normalized spacial score (nSPS) is 16.4. The van der Waals surface area contributed by atoms with Crippen LogP contribution in [0.3, 0.4) is 0 Å². The number of halogens is 3. The van der Waals surface area contributed by atoms with Gasteiger partial charge in [0, 0.05) is 49.5 Å². The number of rotatable bonds is 6. The standard InChI is InChI=1S/C31H37F3N6O3/c1-30(2,3)43-29(42)39-16-14-38(15-17-39)26(41)19-40-20-36-27(21-8-10-23(11-9-21)31(32,33)34)28(40)22-12-13-35-25(18-22)37-24-6-4-5-7-24/h8-13,18,20,24H,4-7,14-17,19H2,1-3H3,(H,35,37). The average molecular weight is 599 g/mol. The number of imidazole rings is 1. The highest BCUT2D eigenvalue weighted by Gasteiger charge is 2.31. The number of amides is 2. The van der Waals surface area contributed by atoms with E-state index in [9.17, 15) is 22.8 Å². The number of benzene rings is 1. The van der Waals surface area contributed by atoms with Gasteiger partial charge in [0.25, 0.3) is 0 Å². The van der Waals surface area contributed by atoms with Gasteiger partial charge < -0.3 is 24.4 Å². The highest BCUT2D eigenvalue weighted by molar-refractivity contribution is 5.82. The topological polar surface area (TPSA) is 92.6 Å². The number of hydrogen-bond acceptors (Lipinski definition) is 6. The zero-order chi connectivity index (χ0) is 30.8. The van der Waals surface area contributed by atoms with Crippen molar-refractivity contribution in [2.45, 2.75) is 70.8 Å². The van der Waals surface area contributed by atoms with Crippen LogP contribution < -0.4 is 5.32 Å². The molecule has 230 valence electrons. The van der Waals surface area contributed by atoms with Gasteiger partial charge in [-0.1, -0.05) is 25.0 Å². The molecule has 1 saturated carbocycles. The van der Waals surface area contributed by atoms with Gasteiger partial charge in [-0.3, -0.25) is 4.79 Å². The molecule has 3 heterocycles. The van der Waals surface area contributed by atoms with Gasteiger partial charge in [0.1, 0.15) is 18.0 Å². The molecule has 2 aromatic heterocycles. The summed E-state index contributed by atoms with van der Waals surface area (Å²) >= 11 is 0. The van der Waals surface area contributed by atoms with Gasteiger partial charge in [0.05, 0.1) is 23.3 Å². The molecule has 12 heteroatoms. The molecule has 1 aliphatic carbocycles. The molecule has 3 aromatic rings. The number of piperazine rings is 1. The smallest absolute Gasteiger partial charge is 0.416 e. The lowest BCUT2D eigenvalue weighted by molar-refractivity contribution is -0.137. The highest BCUT2D eigenvalue weighted by atomic mass is 19.4. The van der Waals surface area contributed by atoms with Crippen molar-refractivity contribution in [1.82, 2.24) is 24.3 Å². The minimum atomic E-state index is -4.45. The van der Waals surface area contributed by atoms with Crippen LogP contribution in [0.25, 0.3) is 22.5 Å². The van der Waals surface area contributed by atoms with Crippen molar-refractivity contribution in [2.24, 2.45) is 0 Å². The van der Waals surface area contributed by atoms with Crippen molar-refractivity contribution in [3.8, 4) is 22.5 Å². The van der Waals surface area contributed by atoms with Crippen molar-refractivity contribution in [1.29, 1.82) is 0 Å². The number of carbonyl (C=O) groups is 2. The Morgan fingerprint density at radius 2 is 1.58 bits per heavy atom. The molecule has 0 spiro atoms. The third-order valence-corrected chi connectivity index (χ3v) is 7.65. The third-order valence-electron chi connectivity index (χ3n) is 7.65. The number of aromatic nitrogens is 3. The number of alkyl halides is 3. The summed E-state index contributed by atoms with van der Waals surface area (Å²) < 4.78 is 46.9. The first-order chi connectivity index (χ1) is 20.4. The molecule has 9 nitrogen and oxygen atoms in total. The summed E-state index contributed by atoms with van der Waals surface area (Å²) in [5.41, 5.74) is 0.968. The van der Waals surface area contributed by atoms with E-state index in [4.69, 9.17) is 4.74 Å². The zero-order valence-corrected chi connectivity index (χ0v) is 24.7. The van der Waals surface area contributed by atoms with Gasteiger partial charge >= 0.3 is 12.3 Å². The van der Waals surface area contributed by atoms with E-state index in [2.05, 4.69) is 15.3 Å². The van der Waals surface area contributed by atoms with Crippen LogP contribution in [0.1, 0.15) is 52.0 Å². The number of ether oxygens (including phenoxy) is 1. The molecule has 43 heavy (non-hydrogen) atoms. The number of pyridine rings is 1. The second kappa shape index (κ2) is 12.3. The van der Waals surface area contributed by atoms with Gasteiger partial charge in [-0.05, 0) is 57.9 Å². The van der Waals surface area contributed by atoms with Crippen LogP contribution in [-0.2, 0) is 22.3 Å². The quantitative estimate of drug-likeness (QED) is 0.371. The Hall–Kier alpha value is -4.09. The summed E-state index contributed by atoms with van der Waals surface area (Å²) in [7, 11) is 0. The summed E-state index contributed by atoms with van der Waals surface area (Å²) in [6, 6.07) is 8.91. The molecule has 5 rings (SSSR count). The van der Waals surface area contributed by atoms with E-state index in [1.54, 1.807) is 26.9 Å². The van der Waals surface area contributed by atoms with E-state index in [0.29, 0.717) is 55.0 Å². The Morgan fingerprint density at radius 3 is 2.21 bits per heavy atom. The summed E-state index contributed by atoms with van der Waals surface area (Å²) in [5, 5.41) is 3.48. The largest absolute Gasteiger partial charge is 0.444 e. The molecule has 2 fully saturated rings. The lowest BCUT2D eigenvalue weighted by atomic mass is 10.0. The molecule has 2 aliphatic rings. The van der Waals surface area contributed by atoms with Crippen LogP contribution >= 0.6 is 0 Å². The number of carbonyl (C=O) groups excluding carboxylic acids is 2. The molecular weight excluding hydrogens is 561 g/mol. The number of nitrogens with one attached hydrogen (secondary N) is 1. The van der Waals surface area contributed by atoms with Gasteiger partial charge in [-0.15, -0.1) is 0 Å². The lowest BCUT2D eigenvalue weighted by Gasteiger charge is -2.35. The Labute approximate surface area is 249 Å². The maximum Gasteiger partial charge on any atom is 0.416 e. The Balaban J connectivity index is 1.39. The summed E-state index contributed by atoms with van der Waals surface area (Å²) in [6.07, 6.45) is 2.82. The van der Waals surface area contributed by atoms with E-state index in [1.165, 1.54) is 12.1 Å². The summed E-state index contributed by atoms with van der Waals surface area (Å²) in [6.45, 7) is 6.83. The van der Waals surface area contributed by atoms with E-state index < -0.39 is 23.4 Å². The van der Waals surface area contributed by atoms with Crippen LogP contribution in [0.5, 0.6) is 0 Å². The predicted molar refractivity (Wildman–Crippen MR) is 156 cm³/mol. The molecular formula is C31H37F3N6O3. The van der Waals surface area contributed by atoms with Crippen LogP contribution in [0.2, 0.25) is 0 Å². The molecule has 1 saturated heterocycles. The molecule has 0 atom stereocenters. The summed E-state index contributed by atoms with van der Waals surface area (Å²) in [5.74, 6) is 0.542. The number of anilines is 1. The Morgan fingerprint density at radius 1 is 0.930 bits per heavy atom. The van der Waals surface area contributed by atoms with Crippen LogP contribution in [-0.4, -0.2) is 74.2 Å². The molecule has 0 bridgehead atoms. The van der Waals surface area contributed by atoms with Crippen LogP contribution in [0.4, 0.5) is 23.8 Å². The average Bonchev–Trinajstić information content (AvgIpc) is 3.62. The maximum atomic E-state index is 13.4. The SMILES string of the molecule is CC(C)(C)OC(=O)N1CCN(C(=O)Cn2cnc(-c3ccc(C(F)(F)F)cc3)c2-c2ccnc(NC3CCCC3)c2)CC1. The molecule has 1 N–H and O–H groups in total. The van der Waals surface area contributed by atoms with Crippen LogP contribution in [0.15, 0.2) is 48.9 Å². The van der Waals surface area contributed by atoms with Crippen molar-refractivity contribution < 1.29 is 27.5 Å². The zero-order valence-electron chi connectivity index (χ0n) is 24.7. The van der Waals surface area contributed by atoms with Crippen molar-refractivity contribution in [3.63, 3.8) is 0 Å². The fourth-order valence-corrected chi connectivity index (χ4v) is 5.48. The molecule has 0 radical (unpaired) electrons. The van der Waals surface area contributed by atoms with Crippen molar-refractivity contribution in [3.05, 3.63) is 54.5 Å². The number of hydrogen-bond donors (Lipinski definition) is 1. The molecule has 0 unspecified atom stereocenters. The minimum absolute atomic E-state index is 0.0247. The van der Waals surface area contributed by atoms with E-state index >= 15 is 0 Å². The number of nitrogens with zero attached hydrogens (tertiary/aromatic N) is 5. The van der Waals surface area contributed by atoms with Gasteiger partial charge in [-0.25, -0.2) is 14.8 Å². The molecule has 1 aromatic carbocycles. The summed E-state index contributed by atoms with van der Waals surface area (Å²) in [4.78, 5) is 38.2. The van der Waals surface area contributed by atoms with E-state index in [0.717, 1.165) is 43.4 Å². The minimum Gasteiger partial charge on any atom is -0.444 e. The first-order valence-corrected chi connectivity index (χ1v) is 14.6. The third kappa shape index (κ3) is 7.47. The second-order valence-electron chi connectivity index (χ2n) is 12.0. The predicted octanol–water partition coefficient (Wildman–Crippen LogP) is 6.06. The van der Waals surface area contributed by atoms with Crippen LogP contribution in [0, 0.1) is 0 Å². The fourth-order valence-electron chi connectivity index (χ4n) is 5.48. The Kier molecular flexibility index (Phi) is 8.66. The van der Waals surface area contributed by atoms with Crippen molar-refractivity contribution >= 4 is 17.8 Å². The van der Waals surface area contributed by atoms with Crippen molar-refractivity contribution in [2.75, 3.05) is 31.5 Å². The van der Waals surface area contributed by atoms with E-state index in [-0.39, 0.29) is 12.5 Å². The lowest BCUT2D eigenvalue weighted by Crippen LogP contribution is -2.52. The maximum absolute atomic E-state index is 13.4.